The van der Waals surface area contributed by atoms with Gasteiger partial charge in [0.25, 0.3) is 5.91 Å². The van der Waals surface area contributed by atoms with Crippen LogP contribution in [0.25, 0.3) is 10.9 Å². The number of aromatic amines is 1. The van der Waals surface area contributed by atoms with Gasteiger partial charge in [-0.15, -0.1) is 0 Å². The van der Waals surface area contributed by atoms with E-state index < -0.39 is 11.9 Å². The van der Waals surface area contributed by atoms with Gasteiger partial charge in [-0.3, -0.25) is 14.4 Å². The fourth-order valence-electron chi connectivity index (χ4n) is 2.62. The lowest BCUT2D eigenvalue weighted by Gasteiger charge is -2.12. The summed E-state index contributed by atoms with van der Waals surface area (Å²) in [5.41, 5.74) is 2.07. The van der Waals surface area contributed by atoms with E-state index in [2.05, 4.69) is 15.6 Å². The standard InChI is InChI=1S/C19H17N3O4/c1-11(23)21-13-6-7-18(26-12(2)24)15(10-13)19(25)22-17-5-3-4-16-14(17)8-9-20-16/h3-10,20H,1-2H3,(H,21,23)(H,22,25). The third kappa shape index (κ3) is 3.72. The Morgan fingerprint density at radius 1 is 1.00 bits per heavy atom. The number of rotatable bonds is 4. The Morgan fingerprint density at radius 2 is 1.81 bits per heavy atom. The van der Waals surface area contributed by atoms with Crippen molar-refractivity contribution in [3.8, 4) is 5.75 Å². The van der Waals surface area contributed by atoms with Crippen molar-refractivity contribution in [2.24, 2.45) is 0 Å². The molecule has 3 N–H and O–H groups in total. The van der Waals surface area contributed by atoms with Crippen molar-refractivity contribution in [3.63, 3.8) is 0 Å². The number of fused-ring (bicyclic) bond motifs is 1. The number of aromatic nitrogens is 1. The van der Waals surface area contributed by atoms with E-state index in [1.807, 2.05) is 18.2 Å². The maximum absolute atomic E-state index is 12.8. The van der Waals surface area contributed by atoms with E-state index in [1.54, 1.807) is 18.3 Å². The van der Waals surface area contributed by atoms with Gasteiger partial charge in [0.15, 0.2) is 0 Å². The molecule has 1 aromatic heterocycles. The van der Waals surface area contributed by atoms with Crippen molar-refractivity contribution >= 4 is 40.1 Å². The number of H-pyrrole nitrogens is 1. The van der Waals surface area contributed by atoms with E-state index in [9.17, 15) is 14.4 Å². The smallest absolute Gasteiger partial charge is 0.308 e. The molecule has 7 nitrogen and oxygen atoms in total. The molecule has 132 valence electrons. The molecular formula is C19H17N3O4. The Bertz CT molecular complexity index is 1010. The van der Waals surface area contributed by atoms with Gasteiger partial charge < -0.3 is 20.4 Å². The lowest BCUT2D eigenvalue weighted by atomic mass is 10.1. The Balaban J connectivity index is 1.96. The van der Waals surface area contributed by atoms with Gasteiger partial charge in [0.1, 0.15) is 5.75 Å². The first kappa shape index (κ1) is 17.2. The minimum atomic E-state index is -0.543. The van der Waals surface area contributed by atoms with Crippen LogP contribution in [-0.2, 0) is 9.59 Å². The van der Waals surface area contributed by atoms with Crippen LogP contribution in [0.15, 0.2) is 48.7 Å². The number of hydrogen-bond acceptors (Lipinski definition) is 4. The minimum absolute atomic E-state index is 0.116. The zero-order chi connectivity index (χ0) is 18.7. The van der Waals surface area contributed by atoms with E-state index >= 15 is 0 Å². The van der Waals surface area contributed by atoms with Crippen LogP contribution in [0.5, 0.6) is 5.75 Å². The van der Waals surface area contributed by atoms with E-state index in [1.165, 1.54) is 26.0 Å². The van der Waals surface area contributed by atoms with Gasteiger partial charge >= 0.3 is 5.97 Å². The summed E-state index contributed by atoms with van der Waals surface area (Å²) in [5, 5.41) is 6.28. The maximum Gasteiger partial charge on any atom is 0.308 e. The van der Waals surface area contributed by atoms with Crippen LogP contribution < -0.4 is 15.4 Å². The molecule has 0 saturated carbocycles. The normalized spacial score (nSPS) is 10.4. The van der Waals surface area contributed by atoms with Crippen molar-refractivity contribution in [3.05, 3.63) is 54.2 Å². The number of amides is 2. The number of hydrogen-bond donors (Lipinski definition) is 3. The van der Waals surface area contributed by atoms with E-state index in [0.29, 0.717) is 11.4 Å². The quantitative estimate of drug-likeness (QED) is 0.496. The summed E-state index contributed by atoms with van der Waals surface area (Å²) in [5.74, 6) is -1.15. The molecule has 0 radical (unpaired) electrons. The molecular weight excluding hydrogens is 334 g/mol. The Hall–Kier alpha value is -3.61. The van der Waals surface area contributed by atoms with Crippen molar-refractivity contribution in [2.75, 3.05) is 10.6 Å². The highest BCUT2D eigenvalue weighted by molar-refractivity contribution is 6.11. The number of benzene rings is 2. The summed E-state index contributed by atoms with van der Waals surface area (Å²) in [6.07, 6.45) is 1.78. The Morgan fingerprint density at radius 3 is 2.54 bits per heavy atom. The van der Waals surface area contributed by atoms with Crippen LogP contribution in [0, 0.1) is 0 Å². The predicted molar refractivity (Wildman–Crippen MR) is 98.3 cm³/mol. The monoisotopic (exact) mass is 351 g/mol. The van der Waals surface area contributed by atoms with Gasteiger partial charge in [-0.1, -0.05) is 6.07 Å². The number of anilines is 2. The molecule has 0 aliphatic rings. The van der Waals surface area contributed by atoms with Gasteiger partial charge in [0.05, 0.1) is 11.3 Å². The molecule has 0 aliphatic carbocycles. The molecule has 0 atom stereocenters. The lowest BCUT2D eigenvalue weighted by Crippen LogP contribution is -2.16. The minimum Gasteiger partial charge on any atom is -0.426 e. The molecule has 0 saturated heterocycles. The molecule has 1 heterocycles. The molecule has 0 aliphatic heterocycles. The summed E-state index contributed by atoms with van der Waals surface area (Å²) in [6.45, 7) is 2.62. The fourth-order valence-corrected chi connectivity index (χ4v) is 2.62. The van der Waals surface area contributed by atoms with Gasteiger partial charge in [0.2, 0.25) is 5.91 Å². The largest absolute Gasteiger partial charge is 0.426 e. The highest BCUT2D eigenvalue weighted by Crippen LogP contribution is 2.27. The van der Waals surface area contributed by atoms with E-state index in [-0.39, 0.29) is 17.2 Å². The van der Waals surface area contributed by atoms with Gasteiger partial charge in [-0.25, -0.2) is 0 Å². The average molecular weight is 351 g/mol. The highest BCUT2D eigenvalue weighted by atomic mass is 16.5. The van der Waals surface area contributed by atoms with Crippen LogP contribution >= 0.6 is 0 Å². The van der Waals surface area contributed by atoms with Crippen LogP contribution in [0.4, 0.5) is 11.4 Å². The van der Waals surface area contributed by atoms with Crippen molar-refractivity contribution in [2.45, 2.75) is 13.8 Å². The van der Waals surface area contributed by atoms with Crippen LogP contribution in [-0.4, -0.2) is 22.8 Å². The summed E-state index contributed by atoms with van der Waals surface area (Å²) in [4.78, 5) is 38.5. The number of carbonyl (C=O) groups excluding carboxylic acids is 3. The second-order valence-electron chi connectivity index (χ2n) is 5.68. The first-order chi connectivity index (χ1) is 12.4. The van der Waals surface area contributed by atoms with Crippen molar-refractivity contribution in [1.29, 1.82) is 0 Å². The Labute approximate surface area is 149 Å². The molecule has 0 bridgehead atoms. The number of carbonyl (C=O) groups is 3. The van der Waals surface area contributed by atoms with Crippen LogP contribution in [0.1, 0.15) is 24.2 Å². The lowest BCUT2D eigenvalue weighted by molar-refractivity contribution is -0.131. The summed E-state index contributed by atoms with van der Waals surface area (Å²) in [6, 6.07) is 11.8. The third-order valence-corrected chi connectivity index (χ3v) is 3.64. The topological polar surface area (TPSA) is 100 Å². The van der Waals surface area contributed by atoms with Crippen molar-refractivity contribution < 1.29 is 19.1 Å². The summed E-state index contributed by atoms with van der Waals surface area (Å²) >= 11 is 0. The van der Waals surface area contributed by atoms with Gasteiger partial charge in [0, 0.05) is 36.6 Å². The molecule has 26 heavy (non-hydrogen) atoms. The molecule has 0 spiro atoms. The molecule has 3 aromatic rings. The van der Waals surface area contributed by atoms with Crippen LogP contribution in [0.2, 0.25) is 0 Å². The zero-order valence-corrected chi connectivity index (χ0v) is 14.3. The molecule has 0 unspecified atom stereocenters. The first-order valence-electron chi connectivity index (χ1n) is 7.91. The molecule has 7 heteroatoms. The van der Waals surface area contributed by atoms with Crippen molar-refractivity contribution in [1.82, 2.24) is 4.98 Å². The number of nitrogens with one attached hydrogen (secondary N) is 3. The molecule has 3 rings (SSSR count). The predicted octanol–water partition coefficient (Wildman–Crippen LogP) is 3.30. The first-order valence-corrected chi connectivity index (χ1v) is 7.91. The van der Waals surface area contributed by atoms with Gasteiger partial charge in [-0.2, -0.15) is 0 Å². The highest BCUT2D eigenvalue weighted by Gasteiger charge is 2.17. The fraction of sp³-hybridized carbons (Fsp3) is 0.105. The average Bonchev–Trinajstić information content (AvgIpc) is 3.05. The molecule has 2 amide bonds. The summed E-state index contributed by atoms with van der Waals surface area (Å²) in [7, 11) is 0. The number of ether oxygens (including phenoxy) is 1. The van der Waals surface area contributed by atoms with E-state index in [4.69, 9.17) is 4.74 Å². The Kier molecular flexibility index (Phi) is 4.70. The maximum atomic E-state index is 12.8. The van der Waals surface area contributed by atoms with E-state index in [0.717, 1.165) is 10.9 Å². The van der Waals surface area contributed by atoms with Crippen LogP contribution in [0.3, 0.4) is 0 Å². The number of esters is 1. The van der Waals surface area contributed by atoms with Gasteiger partial charge in [-0.05, 0) is 36.4 Å². The molecule has 0 fully saturated rings. The zero-order valence-electron chi connectivity index (χ0n) is 14.3. The third-order valence-electron chi connectivity index (χ3n) is 3.64. The SMILES string of the molecule is CC(=O)Nc1ccc(OC(C)=O)c(C(=O)Nc2cccc3[nH]ccc23)c1. The second kappa shape index (κ2) is 7.10. The summed E-state index contributed by atoms with van der Waals surface area (Å²) < 4.78 is 5.12. The molecule has 2 aromatic carbocycles. The second-order valence-corrected chi connectivity index (χ2v) is 5.68.